The summed E-state index contributed by atoms with van der Waals surface area (Å²) >= 11 is 2.81. The number of carbonyl (C=O) groups is 1. The smallest absolute Gasteiger partial charge is 0.284 e. The fourth-order valence-corrected chi connectivity index (χ4v) is 2.05. The fraction of sp³-hybridized carbons (Fsp3) is 0.222. The molecule has 0 N–H and O–H groups in total. The Hall–Kier alpha value is -1.37. The van der Waals surface area contributed by atoms with Crippen molar-refractivity contribution < 1.29 is 18.5 Å². The number of hydrogen-bond acceptors (Lipinski definition) is 3. The van der Waals surface area contributed by atoms with Crippen molar-refractivity contribution in [1.82, 2.24) is 0 Å². The van der Waals surface area contributed by atoms with Crippen LogP contribution in [0.2, 0.25) is 0 Å². The number of nitro groups is 1. The fourth-order valence-electron chi connectivity index (χ4n) is 1.26. The molecule has 4 nitrogen and oxygen atoms in total. The number of rotatable bonds is 3. The van der Waals surface area contributed by atoms with Crippen LogP contribution in [0.3, 0.4) is 0 Å². The Labute approximate surface area is 97.5 Å². The Bertz CT molecular complexity index is 462. The largest absolute Gasteiger partial charge is 0.294 e. The second-order valence-electron chi connectivity index (χ2n) is 2.98. The third kappa shape index (κ3) is 2.24. The molecule has 16 heavy (non-hydrogen) atoms. The van der Waals surface area contributed by atoms with E-state index in [2.05, 4.69) is 15.9 Å². The highest BCUT2D eigenvalue weighted by molar-refractivity contribution is 9.10. The Morgan fingerprint density at radius 1 is 1.50 bits per heavy atom. The number of alkyl halides is 2. The van der Waals surface area contributed by atoms with E-state index in [-0.39, 0.29) is 10.0 Å². The molecule has 0 saturated heterocycles. The van der Waals surface area contributed by atoms with Crippen molar-refractivity contribution in [2.24, 2.45) is 0 Å². The summed E-state index contributed by atoms with van der Waals surface area (Å²) in [5.41, 5.74) is -1.26. The number of ketones is 1. The van der Waals surface area contributed by atoms with E-state index in [0.29, 0.717) is 0 Å². The minimum atomic E-state index is -2.85. The molecular weight excluding hydrogens is 288 g/mol. The van der Waals surface area contributed by atoms with E-state index in [4.69, 9.17) is 0 Å². The van der Waals surface area contributed by atoms with Gasteiger partial charge in [-0.25, -0.2) is 8.78 Å². The van der Waals surface area contributed by atoms with E-state index in [1.165, 1.54) is 0 Å². The van der Waals surface area contributed by atoms with E-state index in [0.717, 1.165) is 19.1 Å². The first kappa shape index (κ1) is 12.7. The van der Waals surface area contributed by atoms with Crippen molar-refractivity contribution in [2.75, 3.05) is 0 Å². The molecule has 0 heterocycles. The van der Waals surface area contributed by atoms with Crippen molar-refractivity contribution >= 4 is 27.4 Å². The zero-order valence-electron chi connectivity index (χ0n) is 8.04. The monoisotopic (exact) mass is 293 g/mol. The van der Waals surface area contributed by atoms with Gasteiger partial charge in [-0.05, 0) is 28.9 Å². The number of carbonyl (C=O) groups excluding carboxylic acids is 1. The predicted molar refractivity (Wildman–Crippen MR) is 55.8 cm³/mol. The molecule has 0 aliphatic heterocycles. The summed E-state index contributed by atoms with van der Waals surface area (Å²) in [7, 11) is 0. The SMILES string of the molecule is CC(=O)c1c(C(F)F)ccc([N+](=O)[O-])c1Br. The maximum absolute atomic E-state index is 12.6. The van der Waals surface area contributed by atoms with Crippen LogP contribution in [0, 0.1) is 10.1 Å². The number of hydrogen-bond donors (Lipinski definition) is 0. The lowest BCUT2D eigenvalue weighted by molar-refractivity contribution is -0.385. The van der Waals surface area contributed by atoms with E-state index in [1.54, 1.807) is 0 Å². The molecule has 1 aromatic rings. The minimum absolute atomic E-state index is 0.206. The van der Waals surface area contributed by atoms with Gasteiger partial charge in [-0.15, -0.1) is 0 Å². The molecule has 0 aliphatic carbocycles. The first-order chi connectivity index (χ1) is 7.36. The average molecular weight is 294 g/mol. The summed E-state index contributed by atoms with van der Waals surface area (Å²) in [5, 5.41) is 10.6. The first-order valence-corrected chi connectivity index (χ1v) is 4.91. The summed E-state index contributed by atoms with van der Waals surface area (Å²) in [5.74, 6) is -0.647. The van der Waals surface area contributed by atoms with Crippen LogP contribution >= 0.6 is 15.9 Å². The molecule has 0 saturated carbocycles. The Balaban J connectivity index is 3.54. The first-order valence-electron chi connectivity index (χ1n) is 4.12. The van der Waals surface area contributed by atoms with E-state index in [9.17, 15) is 23.7 Å². The van der Waals surface area contributed by atoms with Crippen molar-refractivity contribution in [3.8, 4) is 0 Å². The Kier molecular flexibility index (Phi) is 3.69. The number of benzene rings is 1. The number of Topliss-reactive ketones (excluding diaryl/α,β-unsaturated/α-hetero) is 1. The molecule has 1 rings (SSSR count). The molecule has 0 aliphatic rings. The topological polar surface area (TPSA) is 60.2 Å². The molecule has 7 heteroatoms. The molecule has 0 amide bonds. The summed E-state index contributed by atoms with van der Waals surface area (Å²) < 4.78 is 24.9. The maximum atomic E-state index is 12.6. The number of nitrogens with zero attached hydrogens (tertiary/aromatic N) is 1. The van der Waals surface area contributed by atoms with Gasteiger partial charge in [0.2, 0.25) is 0 Å². The molecule has 0 radical (unpaired) electrons. The lowest BCUT2D eigenvalue weighted by Gasteiger charge is -2.08. The molecule has 0 aromatic heterocycles. The van der Waals surface area contributed by atoms with E-state index >= 15 is 0 Å². The van der Waals surface area contributed by atoms with Gasteiger partial charge in [0.15, 0.2) is 5.78 Å². The highest BCUT2D eigenvalue weighted by atomic mass is 79.9. The molecule has 86 valence electrons. The number of halogens is 3. The van der Waals surface area contributed by atoms with Crippen molar-refractivity contribution in [3.05, 3.63) is 37.8 Å². The summed E-state index contributed by atoms with van der Waals surface area (Å²) in [6.45, 7) is 1.08. The van der Waals surface area contributed by atoms with Gasteiger partial charge in [-0.3, -0.25) is 14.9 Å². The molecule has 1 aromatic carbocycles. The Morgan fingerprint density at radius 3 is 2.44 bits per heavy atom. The zero-order valence-corrected chi connectivity index (χ0v) is 9.62. The van der Waals surface area contributed by atoms with Gasteiger partial charge >= 0.3 is 0 Å². The van der Waals surface area contributed by atoms with Gasteiger partial charge in [0.25, 0.3) is 12.1 Å². The highest BCUT2D eigenvalue weighted by Crippen LogP contribution is 2.35. The van der Waals surface area contributed by atoms with Gasteiger partial charge in [0.05, 0.1) is 4.92 Å². The van der Waals surface area contributed by atoms with Gasteiger partial charge in [-0.2, -0.15) is 0 Å². The normalized spacial score (nSPS) is 10.6. The lowest BCUT2D eigenvalue weighted by Crippen LogP contribution is -2.04. The van der Waals surface area contributed by atoms with Gasteiger partial charge < -0.3 is 0 Å². The van der Waals surface area contributed by atoms with Crippen LogP contribution in [0.1, 0.15) is 29.3 Å². The van der Waals surface area contributed by atoms with Crippen molar-refractivity contribution in [2.45, 2.75) is 13.3 Å². The van der Waals surface area contributed by atoms with Gasteiger partial charge in [0, 0.05) is 17.2 Å². The van der Waals surface area contributed by atoms with Crippen LogP contribution in [-0.4, -0.2) is 10.7 Å². The van der Waals surface area contributed by atoms with Crippen LogP contribution in [-0.2, 0) is 0 Å². The summed E-state index contributed by atoms with van der Waals surface area (Å²) in [6.07, 6.45) is -2.85. The predicted octanol–water partition coefficient (Wildman–Crippen LogP) is 3.50. The summed E-state index contributed by atoms with van der Waals surface area (Å²) in [4.78, 5) is 21.0. The van der Waals surface area contributed by atoms with Crippen LogP contribution < -0.4 is 0 Å². The molecular formula is C9H6BrF2NO3. The van der Waals surface area contributed by atoms with Crippen molar-refractivity contribution in [1.29, 1.82) is 0 Å². The molecule has 0 spiro atoms. The molecule has 0 fully saturated rings. The standard InChI is InChI=1S/C9H6BrF2NO3/c1-4(14)7-5(9(11)12)2-3-6(8(7)10)13(15)16/h2-3,9H,1H3. The highest BCUT2D eigenvalue weighted by Gasteiger charge is 2.25. The second kappa shape index (κ2) is 4.65. The molecule has 0 atom stereocenters. The minimum Gasteiger partial charge on any atom is -0.294 e. The average Bonchev–Trinajstić information content (AvgIpc) is 2.15. The molecule has 0 unspecified atom stereocenters. The van der Waals surface area contributed by atoms with Crippen LogP contribution in [0.25, 0.3) is 0 Å². The van der Waals surface area contributed by atoms with Gasteiger partial charge in [-0.1, -0.05) is 0 Å². The van der Waals surface area contributed by atoms with E-state index < -0.39 is 28.4 Å². The van der Waals surface area contributed by atoms with Crippen molar-refractivity contribution in [3.63, 3.8) is 0 Å². The van der Waals surface area contributed by atoms with Crippen LogP contribution in [0.5, 0.6) is 0 Å². The zero-order chi connectivity index (χ0) is 12.5. The third-order valence-corrected chi connectivity index (χ3v) is 2.74. The van der Waals surface area contributed by atoms with E-state index in [1.807, 2.05) is 0 Å². The summed E-state index contributed by atoms with van der Waals surface area (Å²) in [6, 6.07) is 1.84. The molecule has 0 bridgehead atoms. The maximum Gasteiger partial charge on any atom is 0.284 e. The van der Waals surface area contributed by atoms with Gasteiger partial charge in [0.1, 0.15) is 4.47 Å². The number of nitro benzene ring substituents is 1. The van der Waals surface area contributed by atoms with Crippen LogP contribution in [0.4, 0.5) is 14.5 Å². The lowest BCUT2D eigenvalue weighted by atomic mass is 10.0. The quantitative estimate of drug-likeness (QED) is 0.487. The van der Waals surface area contributed by atoms with Crippen LogP contribution in [0.15, 0.2) is 16.6 Å². The second-order valence-corrected chi connectivity index (χ2v) is 3.77. The Morgan fingerprint density at radius 2 is 2.06 bits per heavy atom. The third-order valence-electron chi connectivity index (χ3n) is 1.94.